The summed E-state index contributed by atoms with van der Waals surface area (Å²) >= 11 is 8.31. The molecule has 244 valence electrons. The van der Waals surface area contributed by atoms with E-state index in [1.807, 2.05) is 0 Å². The summed E-state index contributed by atoms with van der Waals surface area (Å²) in [6.07, 6.45) is 29.9. The Hall–Kier alpha value is 0.439. The molecule has 7 heteroatoms. The molecule has 0 aliphatic rings. The Balaban J connectivity index is -0.000000642. The molecule has 0 saturated carbocycles. The zero-order valence-electron chi connectivity index (χ0n) is 27.6. The van der Waals surface area contributed by atoms with Gasteiger partial charge in [0.1, 0.15) is 0 Å². The summed E-state index contributed by atoms with van der Waals surface area (Å²) in [6.45, 7) is 4.50. The van der Waals surface area contributed by atoms with Gasteiger partial charge in [-0.2, -0.15) is 25.3 Å². The van der Waals surface area contributed by atoms with Gasteiger partial charge in [0, 0.05) is 23.8 Å². The van der Waals surface area contributed by atoms with Crippen LogP contribution in [-0.4, -0.2) is 44.6 Å². The third-order valence-corrected chi connectivity index (χ3v) is 8.30. The molecule has 0 rings (SSSR count). The van der Waals surface area contributed by atoms with Crippen molar-refractivity contribution < 1.29 is 19.8 Å². The van der Waals surface area contributed by atoms with Crippen LogP contribution in [0.3, 0.4) is 0 Å². The Morgan fingerprint density at radius 3 is 0.854 bits per heavy atom. The van der Waals surface area contributed by atoms with Crippen LogP contribution in [0.2, 0.25) is 9.88 Å². The minimum atomic E-state index is -0.943. The van der Waals surface area contributed by atoms with E-state index in [1.165, 1.54) is 116 Å². The van der Waals surface area contributed by atoms with Crippen molar-refractivity contribution in [1.82, 2.24) is 0 Å². The number of carboxylic acid groups (broad SMARTS) is 2. The molecule has 0 aromatic heterocycles. The summed E-state index contributed by atoms with van der Waals surface area (Å²) in [6, 6.07) is 0. The van der Waals surface area contributed by atoms with Gasteiger partial charge in [0.25, 0.3) is 0 Å². The van der Waals surface area contributed by atoms with Gasteiger partial charge >= 0.3 is 31.0 Å². The van der Waals surface area contributed by atoms with Gasteiger partial charge in [-0.3, -0.25) is 0 Å². The summed E-state index contributed by atoms with van der Waals surface area (Å²) in [5.41, 5.74) is 0. The predicted molar refractivity (Wildman–Crippen MR) is 184 cm³/mol. The molecule has 0 saturated heterocycles. The summed E-state index contributed by atoms with van der Waals surface area (Å²) in [4.78, 5) is 26.0. The topological polar surface area (TPSA) is 80.3 Å². The molecule has 0 aromatic rings. The zero-order valence-corrected chi connectivity index (χ0v) is 32.2. The molecule has 0 radical (unpaired) electrons. The summed E-state index contributed by atoms with van der Waals surface area (Å²) in [7, 11) is 0. The van der Waals surface area contributed by atoms with Gasteiger partial charge in [-0.05, 0) is 24.3 Å². The van der Waals surface area contributed by atoms with Crippen molar-refractivity contribution in [3.8, 4) is 0 Å². The fourth-order valence-corrected chi connectivity index (χ4v) is 5.34. The second-order valence-corrected chi connectivity index (χ2v) is 15.1. The average Bonchev–Trinajstić information content (AvgIpc) is 2.95. The Morgan fingerprint density at radius 1 is 0.488 bits per heavy atom. The molecule has 4 nitrogen and oxygen atoms in total. The maximum atomic E-state index is 10.7. The van der Waals surface area contributed by atoms with Gasteiger partial charge in [0.15, 0.2) is 0 Å². The molecule has 2 unspecified atom stereocenters. The van der Waals surface area contributed by atoms with Crippen molar-refractivity contribution in [2.24, 2.45) is 11.8 Å². The Bertz CT molecular complexity index is 479. The van der Waals surface area contributed by atoms with Crippen LogP contribution in [0.5, 0.6) is 0 Å². The van der Waals surface area contributed by atoms with Gasteiger partial charge < -0.3 is 19.8 Å². The van der Waals surface area contributed by atoms with Gasteiger partial charge in [0.2, 0.25) is 0 Å². The SMILES string of the molecule is CCCCCCCCCCCCCC(CS)C(=O)[O-].CCCCCCCCCCCCCC(CS)C(=O)[O-].[CH3][Sn+2][CH3]. The first-order chi connectivity index (χ1) is 19.9. The number of carboxylic acids is 2. The van der Waals surface area contributed by atoms with Crippen molar-refractivity contribution >= 4 is 58.3 Å². The Labute approximate surface area is 277 Å². The van der Waals surface area contributed by atoms with E-state index in [0.29, 0.717) is 11.5 Å². The molecule has 0 bridgehead atoms. The van der Waals surface area contributed by atoms with E-state index in [2.05, 4.69) is 49.0 Å². The van der Waals surface area contributed by atoms with Crippen molar-refractivity contribution in [3.05, 3.63) is 0 Å². The zero-order chi connectivity index (χ0) is 31.4. The fourth-order valence-electron chi connectivity index (χ4n) is 4.68. The van der Waals surface area contributed by atoms with Crippen molar-refractivity contribution in [2.75, 3.05) is 11.5 Å². The van der Waals surface area contributed by atoms with Gasteiger partial charge in [0.05, 0.1) is 0 Å². The number of carbonyl (C=O) groups excluding carboxylic acids is 2. The molecule has 0 N–H and O–H groups in total. The van der Waals surface area contributed by atoms with Crippen LogP contribution in [0.25, 0.3) is 0 Å². The van der Waals surface area contributed by atoms with Crippen LogP contribution < -0.4 is 10.2 Å². The quantitative estimate of drug-likeness (QED) is 0.0481. The van der Waals surface area contributed by atoms with Crippen molar-refractivity contribution in [3.63, 3.8) is 0 Å². The van der Waals surface area contributed by atoms with Gasteiger partial charge in [-0.1, -0.05) is 155 Å². The van der Waals surface area contributed by atoms with Crippen LogP contribution in [0, 0.1) is 11.8 Å². The molecule has 0 aliphatic carbocycles. The second-order valence-electron chi connectivity index (χ2n) is 11.5. The number of hydrogen-bond acceptors (Lipinski definition) is 6. The number of carbonyl (C=O) groups is 2. The molecular formula is C34H68O4S2Sn. The maximum absolute atomic E-state index is 10.7. The average molecular weight is 724 g/mol. The normalized spacial score (nSPS) is 11.9. The number of aliphatic carboxylic acids is 2. The Morgan fingerprint density at radius 2 is 0.683 bits per heavy atom. The van der Waals surface area contributed by atoms with Crippen molar-refractivity contribution in [2.45, 2.75) is 178 Å². The molecular weight excluding hydrogens is 655 g/mol. The first-order valence-electron chi connectivity index (χ1n) is 17.1. The fraction of sp³-hybridized carbons (Fsp3) is 0.941. The molecule has 0 heterocycles. The van der Waals surface area contributed by atoms with Gasteiger partial charge in [-0.15, -0.1) is 0 Å². The predicted octanol–water partition coefficient (Wildman–Crippen LogP) is 8.75. The van der Waals surface area contributed by atoms with E-state index in [0.717, 1.165) is 38.5 Å². The van der Waals surface area contributed by atoms with E-state index in [-0.39, 0.29) is 33.0 Å². The first kappa shape index (κ1) is 45.9. The molecule has 41 heavy (non-hydrogen) atoms. The molecule has 0 amide bonds. The molecule has 0 aliphatic heterocycles. The molecule has 2 atom stereocenters. The van der Waals surface area contributed by atoms with Crippen LogP contribution in [0.1, 0.15) is 168 Å². The number of hydrogen-bond donors (Lipinski definition) is 2. The van der Waals surface area contributed by atoms with Crippen molar-refractivity contribution in [1.29, 1.82) is 0 Å². The summed E-state index contributed by atoms with van der Waals surface area (Å²) in [5, 5.41) is 21.4. The standard InChI is InChI=1S/2C16H32O2S.2CH3.Sn/c2*1-2-3-4-5-6-7-8-9-10-11-12-13-15(14-19)16(17)18;;;/h2*15,19H,2-14H2,1H3,(H,17,18);2*1H3;/q;;;;+2/p-2. The Kier molecular flexibility index (Phi) is 45.2. The third-order valence-electron chi connectivity index (χ3n) is 7.42. The van der Waals surface area contributed by atoms with Crippen LogP contribution in [0.15, 0.2) is 0 Å². The van der Waals surface area contributed by atoms with Crippen LogP contribution in [-0.2, 0) is 9.59 Å². The molecule has 0 aromatic carbocycles. The summed E-state index contributed by atoms with van der Waals surface area (Å²) in [5.74, 6) is -1.80. The third kappa shape index (κ3) is 40.4. The van der Waals surface area contributed by atoms with E-state index in [9.17, 15) is 19.8 Å². The second kappa shape index (κ2) is 40.4. The first-order valence-corrected chi connectivity index (χ1v) is 24.0. The monoisotopic (exact) mass is 724 g/mol. The van der Waals surface area contributed by atoms with Crippen LogP contribution >= 0.6 is 25.3 Å². The number of thiol groups is 2. The van der Waals surface area contributed by atoms with E-state index in [1.54, 1.807) is 0 Å². The van der Waals surface area contributed by atoms with E-state index in [4.69, 9.17) is 0 Å². The minimum absolute atomic E-state index is 0.230. The molecule has 0 spiro atoms. The van der Waals surface area contributed by atoms with Crippen LogP contribution in [0.4, 0.5) is 0 Å². The summed E-state index contributed by atoms with van der Waals surface area (Å²) < 4.78 is 0. The molecule has 0 fully saturated rings. The number of rotatable bonds is 28. The number of unbranched alkanes of at least 4 members (excludes halogenated alkanes) is 20. The van der Waals surface area contributed by atoms with Gasteiger partial charge in [-0.25, -0.2) is 0 Å². The van der Waals surface area contributed by atoms with E-state index >= 15 is 0 Å². The van der Waals surface area contributed by atoms with E-state index < -0.39 is 11.9 Å².